The fourth-order valence-corrected chi connectivity index (χ4v) is 14.9. The van der Waals surface area contributed by atoms with Gasteiger partial charge in [-0.1, -0.05) is 138 Å². The van der Waals surface area contributed by atoms with E-state index in [4.69, 9.17) is 0 Å². The molecule has 0 unspecified atom stereocenters. The molecule has 0 saturated heterocycles. The molecule has 576 valence electrons. The van der Waals surface area contributed by atoms with Crippen molar-refractivity contribution >= 4 is 105 Å². The number of rotatable bonds is 18. The van der Waals surface area contributed by atoms with Crippen LogP contribution < -0.4 is 83.8 Å². The summed E-state index contributed by atoms with van der Waals surface area (Å²) in [6.07, 6.45) is -13.3. The van der Waals surface area contributed by atoms with E-state index >= 15 is 140 Å². The molecule has 0 N–H and O–H groups in total. The van der Waals surface area contributed by atoms with Gasteiger partial charge < -0.3 is 0 Å². The average molecular weight is 1710 g/mol. The van der Waals surface area contributed by atoms with Crippen molar-refractivity contribution in [3.63, 3.8) is 0 Å². The zero-order valence-electron chi connectivity index (χ0n) is 55.7. The molecular weight excluding hydrogens is 1680 g/mol. The van der Waals surface area contributed by atoms with Crippen LogP contribution in [0.2, 0.25) is 0 Å². The zero-order valence-corrected chi connectivity index (χ0v) is 57.8. The Labute approximate surface area is 633 Å². The summed E-state index contributed by atoms with van der Waals surface area (Å²) in [6, 6.07) is 21.4. The Morgan fingerprint density at radius 3 is 0.357 bits per heavy atom. The van der Waals surface area contributed by atoms with E-state index in [1.165, 1.54) is 7.14 Å². The molecule has 0 nitrogen and oxygen atoms in total. The van der Waals surface area contributed by atoms with Crippen molar-refractivity contribution in [1.82, 2.24) is 0 Å². The van der Waals surface area contributed by atoms with Crippen LogP contribution in [0, 0.1) is 193 Å². The standard InChI is InChI=1S/2C32H12BF16.C12H10I.Li/c2*1-5-9-17(34)25(42)13(26(43)18(9)35)33(14-27(44)19(36)10(6-2)20(37)28(14)45,15-29(46)21(38)11(7-3)22(39)30(15)47)16-31(48)23(40)12(8-4)24(41)32(16)49;1-3-7-11(8-4-1)13-12-9-5-2-6-10-12;/h2*5-8H,1-4H2;1-10H;/q2*-1;2*+1. The van der Waals surface area contributed by atoms with E-state index in [0.717, 1.165) is 0 Å². The van der Waals surface area contributed by atoms with Crippen molar-refractivity contribution in [2.75, 3.05) is 0 Å². The third-order valence-electron chi connectivity index (χ3n) is 17.4. The summed E-state index contributed by atoms with van der Waals surface area (Å²) in [5.74, 6) is -95.0. The van der Waals surface area contributed by atoms with Gasteiger partial charge in [-0.2, -0.15) is 0 Å². The maximum absolute atomic E-state index is 16.1. The van der Waals surface area contributed by atoms with E-state index in [-0.39, 0.29) is 88.7 Å². The SMILES string of the molecule is C=Cc1c(F)c(F)c([B-](c2c(F)c(F)c(C=C)c(F)c2F)(c2c(F)c(F)c(C=C)c(F)c2F)c2c(F)c(F)c(C=C)c(F)c2F)c(F)c1F.C=Cc1c(F)c(F)c([B-](c2c(F)c(F)c(C=C)c(F)c2F)(c2c(F)c(F)c(C=C)c(F)c2F)c2c(F)c(F)c(C=C)c(F)c2F)c(F)c1F.[Li+].c1ccc([I+]c2ccccc2)cc1. The van der Waals surface area contributed by atoms with Crippen molar-refractivity contribution in [3.05, 3.63) is 351 Å². The fraction of sp³-hybridized carbons (Fsp3) is 0. The summed E-state index contributed by atoms with van der Waals surface area (Å²) in [5, 5.41) is 0. The minimum atomic E-state index is -6.71. The summed E-state index contributed by atoms with van der Waals surface area (Å²) in [7, 11) is 0. The van der Waals surface area contributed by atoms with Gasteiger partial charge in [0.25, 0.3) is 0 Å². The molecule has 0 aliphatic rings. The van der Waals surface area contributed by atoms with Crippen molar-refractivity contribution in [1.29, 1.82) is 0 Å². The minimum Gasteiger partial charge on any atom is -0.207 e. The van der Waals surface area contributed by atoms with E-state index in [1.807, 2.05) is 0 Å². The molecule has 36 heteroatoms. The van der Waals surface area contributed by atoms with E-state index in [9.17, 15) is 0 Å². The second-order valence-corrected chi connectivity index (χ2v) is 25.7. The molecule has 0 bridgehead atoms. The van der Waals surface area contributed by atoms with E-state index in [0.29, 0.717) is 0 Å². The first-order chi connectivity index (χ1) is 52.2. The Morgan fingerprint density at radius 1 is 0.170 bits per heavy atom. The van der Waals surface area contributed by atoms with Crippen LogP contribution in [0.4, 0.5) is 140 Å². The van der Waals surface area contributed by atoms with Crippen molar-refractivity contribution < 1.29 is 181 Å². The molecule has 10 rings (SSSR count). The van der Waals surface area contributed by atoms with Crippen LogP contribution in [0.3, 0.4) is 0 Å². The summed E-state index contributed by atoms with van der Waals surface area (Å²) in [5.41, 5.74) is -39.3. The van der Waals surface area contributed by atoms with Crippen LogP contribution in [0.25, 0.3) is 48.6 Å². The molecule has 0 fully saturated rings. The molecule has 0 aliphatic heterocycles. The van der Waals surface area contributed by atoms with Gasteiger partial charge in [0.05, 0.1) is 44.5 Å². The van der Waals surface area contributed by atoms with E-state index in [1.54, 1.807) is 0 Å². The molecule has 10 aromatic carbocycles. The molecule has 112 heavy (non-hydrogen) atoms. The molecule has 0 radical (unpaired) electrons. The second-order valence-electron chi connectivity index (χ2n) is 22.7. The van der Waals surface area contributed by atoms with Crippen LogP contribution >= 0.6 is 0 Å². The first-order valence-corrected chi connectivity index (χ1v) is 32.3. The smallest absolute Gasteiger partial charge is 0.207 e. The Hall–Kier alpha value is -10.7. The Balaban J connectivity index is 0.000000264. The number of hydrogen-bond donors (Lipinski definition) is 0. The number of benzene rings is 10. The Kier molecular flexibility index (Phi) is 27.0. The molecule has 0 aromatic heterocycles. The normalized spacial score (nSPS) is 11.3. The fourth-order valence-electron chi connectivity index (χ4n) is 12.6. The van der Waals surface area contributed by atoms with Crippen molar-refractivity contribution in [2.24, 2.45) is 0 Å². The number of halogens is 33. The van der Waals surface area contributed by atoms with Crippen LogP contribution in [0.5, 0.6) is 0 Å². The van der Waals surface area contributed by atoms with Gasteiger partial charge in [-0.15, -0.1) is 43.7 Å². The first-order valence-electron chi connectivity index (χ1n) is 30.1. The predicted octanol–water partition coefficient (Wildman–Crippen LogP) is 12.5. The van der Waals surface area contributed by atoms with Gasteiger partial charge in [0, 0.05) is 0 Å². The van der Waals surface area contributed by atoms with E-state index in [2.05, 4.69) is 113 Å². The predicted molar refractivity (Wildman–Crippen MR) is 350 cm³/mol. The summed E-state index contributed by atoms with van der Waals surface area (Å²) in [4.78, 5) is 0. The van der Waals surface area contributed by atoms with Gasteiger partial charge in [-0.25, -0.2) is 140 Å². The topological polar surface area (TPSA) is 0 Å². The van der Waals surface area contributed by atoms with Gasteiger partial charge >= 0.3 is 40.1 Å². The molecule has 10 aromatic rings. The van der Waals surface area contributed by atoms with Crippen LogP contribution in [0.15, 0.2) is 113 Å². The molecule has 0 saturated carbocycles. The zero-order chi connectivity index (χ0) is 83.3. The van der Waals surface area contributed by atoms with Crippen LogP contribution in [0.1, 0.15) is 44.5 Å². The number of hydrogen-bond acceptors (Lipinski definition) is 0. The molecule has 0 amide bonds. The molecule has 0 heterocycles. The largest absolute Gasteiger partial charge is 1.00 e. The van der Waals surface area contributed by atoms with Crippen LogP contribution in [-0.2, 0) is 0 Å². The quantitative estimate of drug-likeness (QED) is 0.0348. The van der Waals surface area contributed by atoms with Crippen LogP contribution in [-0.4, -0.2) is 12.3 Å². The van der Waals surface area contributed by atoms with Gasteiger partial charge in [-0.05, 0) is 24.3 Å². The molecular formula is C76H34B2F32ILi. The summed E-state index contributed by atoms with van der Waals surface area (Å²) >= 11 is 0.0287. The third-order valence-corrected chi connectivity index (χ3v) is 20.1. The van der Waals surface area contributed by atoms with Gasteiger partial charge in [0.1, 0.15) is 105 Å². The third kappa shape index (κ3) is 13.6. The van der Waals surface area contributed by atoms with Crippen molar-refractivity contribution in [2.45, 2.75) is 0 Å². The Morgan fingerprint density at radius 2 is 0.268 bits per heavy atom. The summed E-state index contributed by atoms with van der Waals surface area (Å²) < 4.78 is 506. The minimum absolute atomic E-state index is 0. The maximum atomic E-state index is 16.1. The van der Waals surface area contributed by atoms with Gasteiger partial charge in [-0.3, -0.25) is 0 Å². The molecule has 0 atom stereocenters. The van der Waals surface area contributed by atoms with Crippen molar-refractivity contribution in [3.8, 4) is 0 Å². The van der Waals surface area contributed by atoms with E-state index < -0.39 is 287 Å². The summed E-state index contributed by atoms with van der Waals surface area (Å²) in [6.45, 7) is 22.6. The first kappa shape index (κ1) is 88.6. The average Bonchev–Trinajstić information content (AvgIpc) is 0.685. The Bertz CT molecular complexity index is 4480. The van der Waals surface area contributed by atoms with Gasteiger partial charge in [0.2, 0.25) is 0 Å². The van der Waals surface area contributed by atoms with Gasteiger partial charge in [0.15, 0.2) is 100 Å². The molecule has 0 aliphatic carbocycles. The monoisotopic (exact) mass is 1710 g/mol. The molecule has 0 spiro atoms. The maximum Gasteiger partial charge on any atom is 1.00 e. The second kappa shape index (κ2) is 34.1.